The molecular formula is C8H16F6N4O4S2. The summed E-state index contributed by atoms with van der Waals surface area (Å²) in [6.45, 7) is 6.79. The van der Waals surface area contributed by atoms with Gasteiger partial charge in [-0.25, -0.2) is 16.8 Å². The van der Waals surface area contributed by atoms with E-state index in [4.69, 9.17) is 5.73 Å². The van der Waals surface area contributed by atoms with Gasteiger partial charge >= 0.3 is 11.0 Å². The summed E-state index contributed by atoms with van der Waals surface area (Å²) in [5, 5.41) is 3.31. The second-order valence-electron chi connectivity index (χ2n) is 4.45. The first-order chi connectivity index (χ1) is 10.6. The Kier molecular flexibility index (Phi) is 8.37. The molecule has 0 radical (unpaired) electrons. The molecule has 1 heterocycles. The summed E-state index contributed by atoms with van der Waals surface area (Å²) in [7, 11) is -13.4. The van der Waals surface area contributed by atoms with Crippen LogP contribution in [0.3, 0.4) is 0 Å². The lowest BCUT2D eigenvalue weighted by molar-refractivity contribution is -0.900. The van der Waals surface area contributed by atoms with Gasteiger partial charge in [0.2, 0.25) is 0 Å². The second kappa shape index (κ2) is 8.61. The monoisotopic (exact) mass is 410 g/mol. The summed E-state index contributed by atoms with van der Waals surface area (Å²) in [6, 6.07) is 0. The molecule has 0 aromatic heterocycles. The van der Waals surface area contributed by atoms with Gasteiger partial charge in [-0.3, -0.25) is 0 Å². The summed E-state index contributed by atoms with van der Waals surface area (Å²) in [5.41, 5.74) is -6.99. The molecule has 1 fully saturated rings. The zero-order chi connectivity index (χ0) is 19.2. The zero-order valence-electron chi connectivity index (χ0n) is 12.0. The third-order valence-electron chi connectivity index (χ3n) is 2.59. The first-order valence-electron chi connectivity index (χ1n) is 6.25. The number of alkyl halides is 6. The lowest BCUT2D eigenvalue weighted by Gasteiger charge is -2.23. The van der Waals surface area contributed by atoms with Crippen molar-refractivity contribution < 1.29 is 48.1 Å². The molecule has 4 N–H and O–H groups in total. The Balaban J connectivity index is 0.000000496. The molecule has 8 nitrogen and oxygen atoms in total. The minimum Gasteiger partial charge on any atom is -0.421 e. The van der Waals surface area contributed by atoms with Gasteiger partial charge in [0.15, 0.2) is 20.0 Å². The normalized spacial score (nSPS) is 18.0. The van der Waals surface area contributed by atoms with Gasteiger partial charge in [-0.2, -0.15) is 26.3 Å². The summed E-state index contributed by atoms with van der Waals surface area (Å²) in [5.74, 6) is 0. The lowest BCUT2D eigenvalue weighted by Crippen LogP contribution is -3.15. The summed E-state index contributed by atoms with van der Waals surface area (Å²) in [4.78, 5) is 1.65. The van der Waals surface area contributed by atoms with Crippen molar-refractivity contribution in [2.45, 2.75) is 11.0 Å². The van der Waals surface area contributed by atoms with Gasteiger partial charge in [0, 0.05) is 19.6 Å². The SMILES string of the molecule is NCC[NH+]1CCNCC1.O=S(=O)([N-]S(=O)(=O)C(F)(F)F)C(F)(F)F. The Labute approximate surface area is 134 Å². The molecule has 1 aliphatic heterocycles. The molecule has 146 valence electrons. The van der Waals surface area contributed by atoms with Gasteiger partial charge in [-0.05, 0) is 0 Å². The molecule has 0 saturated carbocycles. The highest BCUT2D eigenvalue weighted by molar-refractivity contribution is 8.13. The Morgan fingerprint density at radius 2 is 1.29 bits per heavy atom. The van der Waals surface area contributed by atoms with Crippen LogP contribution in [0.1, 0.15) is 0 Å². The largest absolute Gasteiger partial charge is 0.480 e. The van der Waals surface area contributed by atoms with Crippen LogP contribution in [0.25, 0.3) is 4.13 Å². The molecule has 0 aromatic rings. The van der Waals surface area contributed by atoms with E-state index in [1.807, 2.05) is 0 Å². The maximum Gasteiger partial charge on any atom is 0.480 e. The van der Waals surface area contributed by atoms with E-state index in [9.17, 15) is 43.2 Å². The van der Waals surface area contributed by atoms with Gasteiger partial charge in [0.1, 0.15) is 0 Å². The van der Waals surface area contributed by atoms with Crippen LogP contribution in [0.2, 0.25) is 0 Å². The minimum atomic E-state index is -6.72. The maximum atomic E-state index is 11.4. The number of piperazine rings is 1. The topological polar surface area (TPSA) is 125 Å². The van der Waals surface area contributed by atoms with Crippen LogP contribution in [0, 0.1) is 0 Å². The maximum absolute atomic E-state index is 11.4. The van der Waals surface area contributed by atoms with E-state index in [0.717, 1.165) is 30.3 Å². The number of nitrogens with zero attached hydrogens (tertiary/aromatic N) is 1. The number of hydrogen-bond donors (Lipinski definition) is 3. The number of nitrogens with two attached hydrogens (primary N) is 1. The number of quaternary nitrogens is 1. The predicted molar refractivity (Wildman–Crippen MR) is 70.8 cm³/mol. The fourth-order valence-corrected chi connectivity index (χ4v) is 3.16. The predicted octanol–water partition coefficient (Wildman–Crippen LogP) is -1.51. The highest BCUT2D eigenvalue weighted by Gasteiger charge is 2.46. The van der Waals surface area contributed by atoms with Crippen molar-refractivity contribution in [2.24, 2.45) is 5.73 Å². The molecule has 1 saturated heterocycles. The number of nitrogens with one attached hydrogen (secondary N) is 2. The summed E-state index contributed by atoms with van der Waals surface area (Å²) >= 11 is 0. The van der Waals surface area contributed by atoms with E-state index in [1.165, 1.54) is 13.1 Å². The summed E-state index contributed by atoms with van der Waals surface area (Å²) in [6.07, 6.45) is 0. The van der Waals surface area contributed by atoms with Gasteiger partial charge in [0.25, 0.3) is 0 Å². The Morgan fingerprint density at radius 1 is 0.917 bits per heavy atom. The van der Waals surface area contributed by atoms with Gasteiger partial charge < -0.3 is 20.1 Å². The van der Waals surface area contributed by atoms with E-state index in [-0.39, 0.29) is 0 Å². The first-order valence-corrected chi connectivity index (χ1v) is 9.13. The van der Waals surface area contributed by atoms with Crippen LogP contribution >= 0.6 is 0 Å². The van der Waals surface area contributed by atoms with Crippen molar-refractivity contribution in [1.82, 2.24) is 5.32 Å². The molecule has 0 atom stereocenters. The third kappa shape index (κ3) is 7.47. The fourth-order valence-electron chi connectivity index (χ4n) is 1.45. The van der Waals surface area contributed by atoms with Crippen LogP contribution in [-0.2, 0) is 20.0 Å². The Bertz CT molecular complexity index is 538. The second-order valence-corrected chi connectivity index (χ2v) is 7.88. The van der Waals surface area contributed by atoms with Crippen molar-refractivity contribution >= 4 is 20.0 Å². The van der Waals surface area contributed by atoms with Crippen molar-refractivity contribution in [3.8, 4) is 0 Å². The molecule has 0 bridgehead atoms. The highest BCUT2D eigenvalue weighted by Crippen LogP contribution is 2.36. The van der Waals surface area contributed by atoms with Gasteiger partial charge in [-0.15, -0.1) is 0 Å². The van der Waals surface area contributed by atoms with Crippen LogP contribution in [0.5, 0.6) is 0 Å². The van der Waals surface area contributed by atoms with Crippen molar-refractivity contribution in [1.29, 1.82) is 0 Å². The molecule has 0 spiro atoms. The van der Waals surface area contributed by atoms with E-state index < -0.39 is 31.1 Å². The number of rotatable bonds is 4. The molecular weight excluding hydrogens is 394 g/mol. The number of sulfonamides is 2. The van der Waals surface area contributed by atoms with Crippen LogP contribution < -0.4 is 16.0 Å². The molecule has 0 aromatic carbocycles. The van der Waals surface area contributed by atoms with E-state index in [1.54, 1.807) is 4.90 Å². The van der Waals surface area contributed by atoms with Crippen molar-refractivity contribution in [3.63, 3.8) is 0 Å². The van der Waals surface area contributed by atoms with E-state index >= 15 is 0 Å². The highest BCUT2D eigenvalue weighted by atomic mass is 32.3. The zero-order valence-corrected chi connectivity index (χ0v) is 13.6. The molecule has 0 aliphatic carbocycles. The first kappa shape index (κ1) is 23.3. The van der Waals surface area contributed by atoms with Gasteiger partial charge in [0.05, 0.1) is 19.6 Å². The molecule has 1 rings (SSSR count). The van der Waals surface area contributed by atoms with Crippen molar-refractivity contribution in [2.75, 3.05) is 39.3 Å². The van der Waals surface area contributed by atoms with E-state index in [2.05, 4.69) is 5.32 Å². The van der Waals surface area contributed by atoms with Crippen LogP contribution in [0.4, 0.5) is 26.3 Å². The molecule has 1 aliphatic rings. The standard InChI is InChI=1S/C6H15N3.C2F6NO4S2/c7-1-4-9-5-2-8-3-6-9;3-1(4,5)14(10,11)9-15(12,13)2(6,7)8/h8H,1-7H2;/q;-1/p+1. The van der Waals surface area contributed by atoms with Crippen LogP contribution in [0.15, 0.2) is 0 Å². The molecule has 16 heteroatoms. The smallest absolute Gasteiger partial charge is 0.421 e. The Morgan fingerprint density at radius 3 is 1.58 bits per heavy atom. The van der Waals surface area contributed by atoms with Crippen LogP contribution in [-0.4, -0.2) is 67.1 Å². The molecule has 0 amide bonds. The third-order valence-corrected chi connectivity index (χ3v) is 5.33. The number of hydrogen-bond acceptors (Lipinski definition) is 6. The number of halogens is 6. The molecule has 24 heavy (non-hydrogen) atoms. The average molecular weight is 410 g/mol. The Hall–Kier alpha value is -0.680. The van der Waals surface area contributed by atoms with Crippen molar-refractivity contribution in [3.05, 3.63) is 4.13 Å². The van der Waals surface area contributed by atoms with E-state index in [0.29, 0.717) is 0 Å². The average Bonchev–Trinajstić information content (AvgIpc) is 2.37. The summed E-state index contributed by atoms with van der Waals surface area (Å²) < 4.78 is 109. The van der Waals surface area contributed by atoms with Gasteiger partial charge in [-0.1, -0.05) is 0 Å². The fraction of sp³-hybridized carbons (Fsp3) is 1.00. The molecule has 0 unspecified atom stereocenters. The lowest BCUT2D eigenvalue weighted by atomic mass is 10.3. The quantitative estimate of drug-likeness (QED) is 0.484. The minimum absolute atomic E-state index is 0.778.